The number of piperidine rings is 1. The van der Waals surface area contributed by atoms with E-state index in [1.54, 1.807) is 32.4 Å². The summed E-state index contributed by atoms with van der Waals surface area (Å²) in [5, 5.41) is 0. The molecule has 0 saturated carbocycles. The minimum Gasteiger partial charge on any atom is -0.497 e. The quantitative estimate of drug-likeness (QED) is 0.852. The van der Waals surface area contributed by atoms with Crippen molar-refractivity contribution < 1.29 is 14.3 Å². The summed E-state index contributed by atoms with van der Waals surface area (Å²) in [6, 6.07) is 5.33. The van der Waals surface area contributed by atoms with E-state index in [-0.39, 0.29) is 5.91 Å². The highest BCUT2D eigenvalue weighted by atomic mass is 16.5. The lowest BCUT2D eigenvalue weighted by Gasteiger charge is -2.35. The highest BCUT2D eigenvalue weighted by Crippen LogP contribution is 2.28. The molecule has 1 aliphatic rings. The van der Waals surface area contributed by atoms with Crippen LogP contribution in [0.4, 0.5) is 0 Å². The van der Waals surface area contributed by atoms with E-state index in [4.69, 9.17) is 9.47 Å². The summed E-state index contributed by atoms with van der Waals surface area (Å²) in [7, 11) is 3.18. The number of ether oxygens (including phenoxy) is 2. The molecule has 0 bridgehead atoms. The molecule has 1 aromatic carbocycles. The van der Waals surface area contributed by atoms with Gasteiger partial charge in [-0.2, -0.15) is 0 Å². The number of likely N-dealkylation sites (tertiary alicyclic amines) is 1. The Kier molecular flexibility index (Phi) is 4.53. The molecule has 1 fully saturated rings. The van der Waals surface area contributed by atoms with Crippen LogP contribution in [-0.4, -0.2) is 38.1 Å². The molecule has 0 aromatic heterocycles. The van der Waals surface area contributed by atoms with Gasteiger partial charge in [0.25, 0.3) is 5.91 Å². The zero-order valence-electron chi connectivity index (χ0n) is 12.7. The molecule has 1 saturated heterocycles. The van der Waals surface area contributed by atoms with E-state index in [1.807, 2.05) is 4.90 Å². The van der Waals surface area contributed by atoms with Gasteiger partial charge in [-0.15, -0.1) is 0 Å². The Morgan fingerprint density at radius 3 is 2.35 bits per heavy atom. The van der Waals surface area contributed by atoms with Gasteiger partial charge in [0, 0.05) is 19.2 Å². The first-order chi connectivity index (χ1) is 9.55. The maximum absolute atomic E-state index is 12.7. The van der Waals surface area contributed by atoms with Gasteiger partial charge >= 0.3 is 0 Å². The van der Waals surface area contributed by atoms with Gasteiger partial charge in [-0.05, 0) is 30.4 Å². The third-order valence-corrected chi connectivity index (χ3v) is 3.80. The van der Waals surface area contributed by atoms with Crippen LogP contribution in [0.3, 0.4) is 0 Å². The van der Waals surface area contributed by atoms with Crippen molar-refractivity contribution in [3.8, 4) is 11.5 Å². The van der Waals surface area contributed by atoms with E-state index in [9.17, 15) is 4.79 Å². The van der Waals surface area contributed by atoms with Crippen LogP contribution < -0.4 is 9.47 Å². The summed E-state index contributed by atoms with van der Waals surface area (Å²) in [5.74, 6) is 2.40. The van der Waals surface area contributed by atoms with Crippen LogP contribution >= 0.6 is 0 Å². The highest BCUT2D eigenvalue weighted by Gasteiger charge is 2.27. The topological polar surface area (TPSA) is 38.8 Å². The summed E-state index contributed by atoms with van der Waals surface area (Å²) in [5.41, 5.74) is 0.606. The van der Waals surface area contributed by atoms with Gasteiger partial charge in [0.2, 0.25) is 0 Å². The molecule has 1 amide bonds. The minimum atomic E-state index is 0.0444. The van der Waals surface area contributed by atoms with Crippen molar-refractivity contribution in [2.24, 2.45) is 11.8 Å². The molecule has 0 N–H and O–H groups in total. The van der Waals surface area contributed by atoms with Gasteiger partial charge in [-0.3, -0.25) is 4.79 Å². The SMILES string of the molecule is COc1ccc(C(=O)N2C[C@H](C)C[C@@H](C)C2)c(OC)c1. The smallest absolute Gasteiger partial charge is 0.257 e. The molecule has 1 aromatic rings. The third-order valence-electron chi connectivity index (χ3n) is 3.80. The summed E-state index contributed by atoms with van der Waals surface area (Å²) in [6.45, 7) is 6.03. The van der Waals surface area contributed by atoms with Crippen LogP contribution in [0.5, 0.6) is 11.5 Å². The number of hydrogen-bond donors (Lipinski definition) is 0. The van der Waals surface area contributed by atoms with E-state index in [2.05, 4.69) is 13.8 Å². The molecule has 2 atom stereocenters. The highest BCUT2D eigenvalue weighted by molar-refractivity contribution is 5.97. The van der Waals surface area contributed by atoms with Crippen LogP contribution in [0.15, 0.2) is 18.2 Å². The Balaban J connectivity index is 2.24. The molecule has 0 radical (unpaired) electrons. The Labute approximate surface area is 120 Å². The number of nitrogens with zero attached hydrogens (tertiary/aromatic N) is 1. The van der Waals surface area contributed by atoms with Gasteiger partial charge in [0.05, 0.1) is 19.8 Å². The van der Waals surface area contributed by atoms with Crippen LogP contribution in [0.2, 0.25) is 0 Å². The van der Waals surface area contributed by atoms with Crippen LogP contribution in [0, 0.1) is 11.8 Å². The molecule has 4 nitrogen and oxygen atoms in total. The van der Waals surface area contributed by atoms with Crippen LogP contribution in [0.25, 0.3) is 0 Å². The fourth-order valence-electron chi connectivity index (χ4n) is 2.97. The Bertz CT molecular complexity index is 477. The largest absolute Gasteiger partial charge is 0.497 e. The van der Waals surface area contributed by atoms with Crippen molar-refractivity contribution in [3.05, 3.63) is 23.8 Å². The molecular weight excluding hydrogens is 254 g/mol. The van der Waals surface area contributed by atoms with Crippen molar-refractivity contribution in [3.63, 3.8) is 0 Å². The number of methoxy groups -OCH3 is 2. The lowest BCUT2D eigenvalue weighted by atomic mass is 9.91. The molecule has 4 heteroatoms. The van der Waals surface area contributed by atoms with Crippen molar-refractivity contribution >= 4 is 5.91 Å². The van der Waals surface area contributed by atoms with Gasteiger partial charge in [-0.1, -0.05) is 13.8 Å². The van der Waals surface area contributed by atoms with E-state index in [1.165, 1.54) is 6.42 Å². The average Bonchev–Trinajstić information content (AvgIpc) is 2.44. The zero-order valence-corrected chi connectivity index (χ0v) is 12.7. The lowest BCUT2D eigenvalue weighted by molar-refractivity contribution is 0.0620. The average molecular weight is 277 g/mol. The molecule has 1 aliphatic heterocycles. The lowest BCUT2D eigenvalue weighted by Crippen LogP contribution is -2.42. The van der Waals surface area contributed by atoms with Crippen LogP contribution in [0.1, 0.15) is 30.6 Å². The predicted molar refractivity (Wildman–Crippen MR) is 78.4 cm³/mol. The Morgan fingerprint density at radius 1 is 1.15 bits per heavy atom. The molecular formula is C16H23NO3. The summed E-state index contributed by atoms with van der Waals surface area (Å²) in [6.07, 6.45) is 1.18. The molecule has 20 heavy (non-hydrogen) atoms. The second-order valence-corrected chi connectivity index (χ2v) is 5.72. The maximum Gasteiger partial charge on any atom is 0.257 e. The summed E-state index contributed by atoms with van der Waals surface area (Å²) in [4.78, 5) is 14.6. The Morgan fingerprint density at radius 2 is 1.80 bits per heavy atom. The number of benzene rings is 1. The Hall–Kier alpha value is -1.71. The first kappa shape index (κ1) is 14.7. The molecule has 0 unspecified atom stereocenters. The van der Waals surface area contributed by atoms with Gasteiger partial charge in [0.15, 0.2) is 0 Å². The van der Waals surface area contributed by atoms with Gasteiger partial charge < -0.3 is 14.4 Å². The summed E-state index contributed by atoms with van der Waals surface area (Å²) < 4.78 is 10.5. The first-order valence-corrected chi connectivity index (χ1v) is 7.06. The maximum atomic E-state index is 12.7. The standard InChI is InChI=1S/C16H23NO3/c1-11-7-12(2)10-17(9-11)16(18)14-6-5-13(19-3)8-15(14)20-4/h5-6,8,11-12H,7,9-10H2,1-4H3/t11-,12-/m1/s1. The second kappa shape index (κ2) is 6.16. The molecule has 2 rings (SSSR count). The van der Waals surface area contributed by atoms with Crippen molar-refractivity contribution in [2.45, 2.75) is 20.3 Å². The van der Waals surface area contributed by atoms with E-state index in [0.717, 1.165) is 13.1 Å². The minimum absolute atomic E-state index is 0.0444. The molecule has 0 spiro atoms. The van der Waals surface area contributed by atoms with Gasteiger partial charge in [0.1, 0.15) is 11.5 Å². The van der Waals surface area contributed by atoms with E-state index in [0.29, 0.717) is 28.9 Å². The van der Waals surface area contributed by atoms with Crippen molar-refractivity contribution in [1.29, 1.82) is 0 Å². The monoisotopic (exact) mass is 277 g/mol. The second-order valence-electron chi connectivity index (χ2n) is 5.72. The fraction of sp³-hybridized carbons (Fsp3) is 0.562. The zero-order chi connectivity index (χ0) is 14.7. The van der Waals surface area contributed by atoms with Gasteiger partial charge in [-0.25, -0.2) is 0 Å². The normalized spacial score (nSPS) is 22.5. The van der Waals surface area contributed by atoms with Crippen molar-refractivity contribution in [2.75, 3.05) is 27.3 Å². The number of rotatable bonds is 3. The summed E-state index contributed by atoms with van der Waals surface area (Å²) >= 11 is 0. The van der Waals surface area contributed by atoms with E-state index < -0.39 is 0 Å². The predicted octanol–water partition coefficient (Wildman–Crippen LogP) is 2.82. The third kappa shape index (κ3) is 3.06. The van der Waals surface area contributed by atoms with Crippen molar-refractivity contribution in [1.82, 2.24) is 4.90 Å². The fourth-order valence-corrected chi connectivity index (χ4v) is 2.97. The number of hydrogen-bond acceptors (Lipinski definition) is 3. The molecule has 110 valence electrons. The number of carbonyl (C=O) groups is 1. The number of carbonyl (C=O) groups excluding carboxylic acids is 1. The molecule has 0 aliphatic carbocycles. The number of amides is 1. The molecule has 1 heterocycles. The first-order valence-electron chi connectivity index (χ1n) is 7.06. The van der Waals surface area contributed by atoms with Crippen LogP contribution in [-0.2, 0) is 0 Å². The van der Waals surface area contributed by atoms with E-state index >= 15 is 0 Å².